The normalized spacial score (nSPS) is 10.1. The minimum absolute atomic E-state index is 0.445. The maximum Gasteiger partial charge on any atom is 0.192 e. The number of aromatic nitrogens is 1. The maximum absolute atomic E-state index is 5.91. The Hall–Kier alpha value is -1.12. The van der Waals surface area contributed by atoms with E-state index >= 15 is 0 Å². The fraction of sp³-hybridized carbons (Fsp3) is 0. The van der Waals surface area contributed by atoms with Crippen LogP contribution in [0.15, 0.2) is 36.7 Å². The lowest BCUT2D eigenvalue weighted by Gasteiger charge is -2.08. The second-order valence-electron chi connectivity index (χ2n) is 2.61. The zero-order valence-electron chi connectivity index (χ0n) is 7.08. The van der Waals surface area contributed by atoms with E-state index in [0.717, 1.165) is 0 Å². The van der Waals surface area contributed by atoms with Crippen molar-refractivity contribution in [3.8, 4) is 5.75 Å². The molecular weight excluding hydrogens is 221 g/mol. The van der Waals surface area contributed by atoms with Gasteiger partial charge in [0.1, 0.15) is 0 Å². The molecule has 0 saturated heterocycles. The van der Waals surface area contributed by atoms with Gasteiger partial charge in [0.05, 0.1) is 16.2 Å². The van der Waals surface area contributed by atoms with Crippen molar-refractivity contribution in [1.82, 2.24) is 4.73 Å². The van der Waals surface area contributed by atoms with Crippen molar-refractivity contribution in [3.63, 3.8) is 0 Å². The van der Waals surface area contributed by atoms with Crippen LogP contribution in [0.4, 0.5) is 0 Å². The first-order chi connectivity index (χ1) is 6.77. The Morgan fingerprint density at radius 2 is 1.93 bits per heavy atom. The van der Waals surface area contributed by atoms with Gasteiger partial charge in [-0.1, -0.05) is 29.3 Å². The molecule has 14 heavy (non-hydrogen) atoms. The van der Waals surface area contributed by atoms with Crippen LogP contribution in [0.25, 0.3) is 0 Å². The summed E-state index contributed by atoms with van der Waals surface area (Å²) in [7, 11) is 0. The van der Waals surface area contributed by atoms with Gasteiger partial charge in [-0.25, -0.2) is 0 Å². The Balaban J connectivity index is 2.33. The van der Waals surface area contributed by atoms with E-state index in [2.05, 4.69) is 6.07 Å². The van der Waals surface area contributed by atoms with Gasteiger partial charge >= 0.3 is 0 Å². The first kappa shape index (κ1) is 9.44. The largest absolute Gasteiger partial charge is 0.373 e. The third-order valence-corrected chi connectivity index (χ3v) is 2.23. The average Bonchev–Trinajstić information content (AvgIpc) is 2.64. The highest BCUT2D eigenvalue weighted by Crippen LogP contribution is 2.32. The topological polar surface area (TPSA) is 14.2 Å². The van der Waals surface area contributed by atoms with E-state index in [-0.39, 0.29) is 0 Å². The molecule has 1 aromatic carbocycles. The van der Waals surface area contributed by atoms with Crippen molar-refractivity contribution in [2.24, 2.45) is 0 Å². The molecule has 0 atom stereocenters. The summed E-state index contributed by atoms with van der Waals surface area (Å²) in [5, 5.41) is 0.956. The summed E-state index contributed by atoms with van der Waals surface area (Å²) in [4.78, 5) is 5.40. The summed E-state index contributed by atoms with van der Waals surface area (Å²) in [6.07, 6.45) is 3.35. The van der Waals surface area contributed by atoms with Gasteiger partial charge in [0, 0.05) is 12.3 Å². The lowest BCUT2D eigenvalue weighted by molar-refractivity contribution is 0.217. The van der Waals surface area contributed by atoms with Crippen molar-refractivity contribution in [2.75, 3.05) is 0 Å². The van der Waals surface area contributed by atoms with Crippen LogP contribution in [0.5, 0.6) is 5.75 Å². The van der Waals surface area contributed by atoms with Crippen LogP contribution in [-0.2, 0) is 0 Å². The van der Waals surface area contributed by atoms with Crippen molar-refractivity contribution in [1.29, 1.82) is 0 Å². The Kier molecular flexibility index (Phi) is 2.66. The predicted molar refractivity (Wildman–Crippen MR) is 55.8 cm³/mol. The number of halogens is 2. The molecular formula is C10H6Cl2NO. The lowest BCUT2D eigenvalue weighted by atomic mass is 10.3. The molecule has 1 aromatic heterocycles. The molecule has 2 rings (SSSR count). The Morgan fingerprint density at radius 3 is 2.50 bits per heavy atom. The van der Waals surface area contributed by atoms with E-state index in [1.165, 1.54) is 4.73 Å². The van der Waals surface area contributed by atoms with Crippen LogP contribution in [-0.4, -0.2) is 4.73 Å². The molecule has 4 heteroatoms. The van der Waals surface area contributed by atoms with Gasteiger partial charge in [-0.3, -0.25) is 0 Å². The van der Waals surface area contributed by atoms with Crippen LogP contribution >= 0.6 is 23.2 Å². The zero-order chi connectivity index (χ0) is 9.97. The van der Waals surface area contributed by atoms with E-state index in [4.69, 9.17) is 28.0 Å². The first-order valence-corrected chi connectivity index (χ1v) is 4.69. The molecule has 0 fully saturated rings. The highest BCUT2D eigenvalue weighted by molar-refractivity contribution is 6.37. The summed E-state index contributed by atoms with van der Waals surface area (Å²) < 4.78 is 1.48. The predicted octanol–water partition coefficient (Wildman–Crippen LogP) is 3.44. The highest BCUT2D eigenvalue weighted by atomic mass is 35.5. The number of rotatable bonds is 2. The minimum atomic E-state index is 0.445. The summed E-state index contributed by atoms with van der Waals surface area (Å²) in [6, 6.07) is 9.77. The number of hydrogen-bond acceptors (Lipinski definition) is 1. The van der Waals surface area contributed by atoms with Crippen molar-refractivity contribution in [3.05, 3.63) is 52.8 Å². The van der Waals surface area contributed by atoms with Gasteiger partial charge in [0.2, 0.25) is 0 Å². The number of para-hydroxylation sites is 1. The van der Waals surface area contributed by atoms with Crippen molar-refractivity contribution < 1.29 is 4.84 Å². The highest BCUT2D eigenvalue weighted by Gasteiger charge is 2.07. The molecule has 71 valence electrons. The van der Waals surface area contributed by atoms with Gasteiger partial charge in [0.25, 0.3) is 0 Å². The fourth-order valence-corrected chi connectivity index (χ4v) is 1.47. The second kappa shape index (κ2) is 3.95. The monoisotopic (exact) mass is 226 g/mol. The second-order valence-corrected chi connectivity index (χ2v) is 3.43. The molecule has 0 saturated carbocycles. The van der Waals surface area contributed by atoms with Crippen molar-refractivity contribution >= 4 is 23.2 Å². The van der Waals surface area contributed by atoms with Gasteiger partial charge in [0.15, 0.2) is 5.75 Å². The molecule has 0 unspecified atom stereocenters. The van der Waals surface area contributed by atoms with Gasteiger partial charge in [-0.2, -0.15) is 4.73 Å². The van der Waals surface area contributed by atoms with E-state index in [1.807, 2.05) is 0 Å². The third-order valence-electron chi connectivity index (χ3n) is 1.64. The van der Waals surface area contributed by atoms with Crippen LogP contribution in [0.2, 0.25) is 10.0 Å². The van der Waals surface area contributed by atoms with Gasteiger partial charge < -0.3 is 4.84 Å². The SMILES string of the molecule is Clc1cccc(Cl)c1On1c[c]cc1. The molecule has 1 radical (unpaired) electrons. The quantitative estimate of drug-likeness (QED) is 0.766. The summed E-state index contributed by atoms with van der Waals surface area (Å²) in [5.41, 5.74) is 0. The molecule has 0 aliphatic heterocycles. The number of benzene rings is 1. The summed E-state index contributed by atoms with van der Waals surface area (Å²) >= 11 is 11.8. The summed E-state index contributed by atoms with van der Waals surface area (Å²) in [5.74, 6) is 0.445. The maximum atomic E-state index is 5.91. The molecule has 2 nitrogen and oxygen atoms in total. The van der Waals surface area contributed by atoms with E-state index in [9.17, 15) is 0 Å². The van der Waals surface area contributed by atoms with E-state index in [1.54, 1.807) is 36.7 Å². The third kappa shape index (κ3) is 1.86. The van der Waals surface area contributed by atoms with Crippen LogP contribution in [0, 0.1) is 6.07 Å². The van der Waals surface area contributed by atoms with Crippen LogP contribution in [0.3, 0.4) is 0 Å². The smallest absolute Gasteiger partial charge is 0.192 e. The van der Waals surface area contributed by atoms with Gasteiger partial charge in [-0.05, 0) is 18.2 Å². The summed E-state index contributed by atoms with van der Waals surface area (Å²) in [6.45, 7) is 0. The van der Waals surface area contributed by atoms with Crippen LogP contribution < -0.4 is 4.84 Å². The fourth-order valence-electron chi connectivity index (χ4n) is 1.01. The van der Waals surface area contributed by atoms with E-state index < -0.39 is 0 Å². The van der Waals surface area contributed by atoms with E-state index in [0.29, 0.717) is 15.8 Å². The Bertz CT molecular complexity index is 405. The molecule has 0 aliphatic carbocycles. The average molecular weight is 227 g/mol. The molecule has 0 amide bonds. The standard InChI is InChI=1S/C10H6Cl2NO/c11-8-4-3-5-9(12)10(8)14-13-6-1-2-7-13/h1,3-7H. The van der Waals surface area contributed by atoms with Crippen LogP contribution in [0.1, 0.15) is 0 Å². The molecule has 0 spiro atoms. The zero-order valence-corrected chi connectivity index (χ0v) is 8.59. The Morgan fingerprint density at radius 1 is 1.21 bits per heavy atom. The lowest BCUT2D eigenvalue weighted by Crippen LogP contribution is -2.02. The van der Waals surface area contributed by atoms with Gasteiger partial charge in [-0.15, -0.1) is 0 Å². The van der Waals surface area contributed by atoms with Crippen molar-refractivity contribution in [2.45, 2.75) is 0 Å². The molecule has 1 heterocycles. The first-order valence-electron chi connectivity index (χ1n) is 3.94. The molecule has 0 bridgehead atoms. The molecule has 0 aliphatic rings. The number of nitrogens with zero attached hydrogens (tertiary/aromatic N) is 1. The Labute approximate surface area is 91.6 Å². The molecule has 0 N–H and O–H groups in total. The molecule has 2 aromatic rings. The number of hydrogen-bond donors (Lipinski definition) is 0. The minimum Gasteiger partial charge on any atom is -0.373 e.